The first-order valence-electron chi connectivity index (χ1n) is 9.48. The molecular weight excluding hydrogens is 390 g/mol. The molecule has 1 amide bonds. The minimum atomic E-state index is -0.100. The van der Waals surface area contributed by atoms with E-state index in [9.17, 15) is 4.79 Å². The molecule has 0 fully saturated rings. The number of rotatable bonds is 8. The van der Waals surface area contributed by atoms with Crippen molar-refractivity contribution in [2.45, 2.75) is 20.3 Å². The second-order valence-corrected chi connectivity index (χ2v) is 7.53. The van der Waals surface area contributed by atoms with Gasteiger partial charge < -0.3 is 14.2 Å². The fourth-order valence-corrected chi connectivity index (χ4v) is 3.20. The number of carbonyl (C=O) groups excluding carboxylic acids is 1. The van der Waals surface area contributed by atoms with Crippen LogP contribution in [0.4, 0.5) is 0 Å². The lowest BCUT2D eigenvalue weighted by Gasteiger charge is -2.24. The average molecular weight is 414 g/mol. The highest BCUT2D eigenvalue weighted by Crippen LogP contribution is 2.22. The summed E-state index contributed by atoms with van der Waals surface area (Å²) in [5, 5.41) is 4.50. The molecule has 2 aromatic carbocycles. The van der Waals surface area contributed by atoms with Gasteiger partial charge in [-0.15, -0.1) is 0 Å². The maximum Gasteiger partial charge on any atom is 0.255 e. The largest absolute Gasteiger partial charge is 0.497 e. The SMILES string of the molecule is COc1cccc(-c2noc(CCN(CC(C)C)C(=O)c3ccccc3Cl)n2)c1. The van der Waals surface area contributed by atoms with E-state index in [0.717, 1.165) is 11.3 Å². The van der Waals surface area contributed by atoms with Gasteiger partial charge in [0.2, 0.25) is 11.7 Å². The van der Waals surface area contributed by atoms with Crippen molar-refractivity contribution in [1.29, 1.82) is 0 Å². The number of aromatic nitrogens is 2. The molecule has 7 heteroatoms. The van der Waals surface area contributed by atoms with Crippen LogP contribution in [0.25, 0.3) is 11.4 Å². The first-order valence-corrected chi connectivity index (χ1v) is 9.86. The Balaban J connectivity index is 1.72. The second-order valence-electron chi connectivity index (χ2n) is 7.12. The topological polar surface area (TPSA) is 68.5 Å². The van der Waals surface area contributed by atoms with Crippen molar-refractivity contribution >= 4 is 17.5 Å². The Morgan fingerprint density at radius 2 is 2.00 bits per heavy atom. The number of hydrogen-bond donors (Lipinski definition) is 0. The van der Waals surface area contributed by atoms with Crippen LogP contribution in [-0.4, -0.2) is 41.1 Å². The van der Waals surface area contributed by atoms with Crippen LogP contribution in [-0.2, 0) is 6.42 Å². The zero-order valence-electron chi connectivity index (χ0n) is 16.8. The molecule has 0 spiro atoms. The predicted molar refractivity (Wildman–Crippen MR) is 112 cm³/mol. The highest BCUT2D eigenvalue weighted by molar-refractivity contribution is 6.33. The third-order valence-corrected chi connectivity index (χ3v) is 4.70. The molecule has 29 heavy (non-hydrogen) atoms. The summed E-state index contributed by atoms with van der Waals surface area (Å²) in [5.74, 6) is 1.91. The van der Waals surface area contributed by atoms with Crippen LogP contribution in [0.3, 0.4) is 0 Å². The molecule has 0 atom stereocenters. The molecule has 0 radical (unpaired) electrons. The quantitative estimate of drug-likeness (QED) is 0.533. The Morgan fingerprint density at radius 3 is 2.72 bits per heavy atom. The number of amides is 1. The van der Waals surface area contributed by atoms with E-state index in [0.29, 0.717) is 47.7 Å². The molecule has 0 unspecified atom stereocenters. The first-order chi connectivity index (χ1) is 14.0. The Morgan fingerprint density at radius 1 is 1.21 bits per heavy atom. The van der Waals surface area contributed by atoms with Crippen molar-refractivity contribution in [2.24, 2.45) is 5.92 Å². The Bertz CT molecular complexity index is 971. The third-order valence-electron chi connectivity index (χ3n) is 4.37. The molecule has 0 aliphatic heterocycles. The fourth-order valence-electron chi connectivity index (χ4n) is 2.99. The van der Waals surface area contributed by atoms with Gasteiger partial charge in [0, 0.05) is 25.1 Å². The summed E-state index contributed by atoms with van der Waals surface area (Å²) in [6.45, 7) is 5.21. The van der Waals surface area contributed by atoms with E-state index in [1.807, 2.05) is 36.4 Å². The molecule has 1 aromatic heterocycles. The predicted octanol–water partition coefficient (Wildman–Crippen LogP) is 4.74. The zero-order valence-corrected chi connectivity index (χ0v) is 17.5. The van der Waals surface area contributed by atoms with E-state index in [2.05, 4.69) is 24.0 Å². The van der Waals surface area contributed by atoms with Crippen LogP contribution in [0.1, 0.15) is 30.1 Å². The second kappa shape index (κ2) is 9.56. The minimum absolute atomic E-state index is 0.100. The summed E-state index contributed by atoms with van der Waals surface area (Å²) in [6.07, 6.45) is 0.458. The molecule has 6 nitrogen and oxygen atoms in total. The lowest BCUT2D eigenvalue weighted by atomic mass is 10.1. The number of benzene rings is 2. The van der Waals surface area contributed by atoms with Gasteiger partial charge in [0.25, 0.3) is 5.91 Å². The van der Waals surface area contributed by atoms with Crippen molar-refractivity contribution in [3.8, 4) is 17.1 Å². The van der Waals surface area contributed by atoms with Gasteiger partial charge in [0.15, 0.2) is 0 Å². The summed E-state index contributed by atoms with van der Waals surface area (Å²) in [5.41, 5.74) is 1.31. The van der Waals surface area contributed by atoms with Gasteiger partial charge in [-0.2, -0.15) is 4.98 Å². The normalized spacial score (nSPS) is 10.9. The fraction of sp³-hybridized carbons (Fsp3) is 0.318. The summed E-state index contributed by atoms with van der Waals surface area (Å²) >= 11 is 6.21. The van der Waals surface area contributed by atoms with Gasteiger partial charge in [0.1, 0.15) is 5.75 Å². The van der Waals surface area contributed by atoms with E-state index in [-0.39, 0.29) is 5.91 Å². The highest BCUT2D eigenvalue weighted by Gasteiger charge is 2.20. The van der Waals surface area contributed by atoms with Gasteiger partial charge >= 0.3 is 0 Å². The molecule has 3 rings (SSSR count). The van der Waals surface area contributed by atoms with E-state index in [1.54, 1.807) is 24.1 Å². The van der Waals surface area contributed by atoms with Gasteiger partial charge in [-0.25, -0.2) is 0 Å². The lowest BCUT2D eigenvalue weighted by molar-refractivity contribution is 0.0735. The van der Waals surface area contributed by atoms with Crippen molar-refractivity contribution in [1.82, 2.24) is 15.0 Å². The highest BCUT2D eigenvalue weighted by atomic mass is 35.5. The van der Waals surface area contributed by atoms with Gasteiger partial charge in [-0.3, -0.25) is 4.79 Å². The number of carbonyl (C=O) groups is 1. The van der Waals surface area contributed by atoms with Crippen molar-refractivity contribution < 1.29 is 14.1 Å². The number of methoxy groups -OCH3 is 1. The zero-order chi connectivity index (χ0) is 20.8. The summed E-state index contributed by atoms with van der Waals surface area (Å²) in [7, 11) is 1.61. The maximum absolute atomic E-state index is 13.0. The molecule has 0 saturated heterocycles. The van der Waals surface area contributed by atoms with Crippen LogP contribution in [0.15, 0.2) is 53.1 Å². The van der Waals surface area contributed by atoms with Crippen molar-refractivity contribution in [3.05, 3.63) is 65.0 Å². The molecule has 1 heterocycles. The van der Waals surface area contributed by atoms with Gasteiger partial charge in [0.05, 0.1) is 17.7 Å². The number of ether oxygens (including phenoxy) is 1. The average Bonchev–Trinajstić information content (AvgIpc) is 3.20. The van der Waals surface area contributed by atoms with Crippen LogP contribution < -0.4 is 4.74 Å². The van der Waals surface area contributed by atoms with E-state index >= 15 is 0 Å². The lowest BCUT2D eigenvalue weighted by Crippen LogP contribution is -2.36. The van der Waals surface area contributed by atoms with Gasteiger partial charge in [-0.05, 0) is 30.2 Å². The number of nitrogens with zero attached hydrogens (tertiary/aromatic N) is 3. The third kappa shape index (κ3) is 5.35. The molecule has 0 saturated carbocycles. The number of hydrogen-bond acceptors (Lipinski definition) is 5. The van der Waals surface area contributed by atoms with Crippen LogP contribution in [0.2, 0.25) is 5.02 Å². The molecule has 0 aliphatic carbocycles. The summed E-state index contributed by atoms with van der Waals surface area (Å²) in [6, 6.07) is 14.6. The standard InChI is InChI=1S/C22H24ClN3O3/c1-15(2)14-26(22(27)18-9-4-5-10-19(18)23)12-11-20-24-21(25-29-20)16-7-6-8-17(13-16)28-3/h4-10,13,15H,11-12,14H2,1-3H3. The molecule has 0 N–H and O–H groups in total. The van der Waals surface area contributed by atoms with E-state index in [4.69, 9.17) is 20.9 Å². The Kier molecular flexibility index (Phi) is 6.88. The monoisotopic (exact) mass is 413 g/mol. The summed E-state index contributed by atoms with van der Waals surface area (Å²) < 4.78 is 10.6. The van der Waals surface area contributed by atoms with Crippen LogP contribution in [0, 0.1) is 5.92 Å². The maximum atomic E-state index is 13.0. The molecule has 0 bridgehead atoms. The molecule has 0 aliphatic rings. The number of halogens is 1. The van der Waals surface area contributed by atoms with Crippen LogP contribution >= 0.6 is 11.6 Å². The van der Waals surface area contributed by atoms with Crippen molar-refractivity contribution in [3.63, 3.8) is 0 Å². The minimum Gasteiger partial charge on any atom is -0.497 e. The van der Waals surface area contributed by atoms with E-state index < -0.39 is 0 Å². The Labute approximate surface area is 175 Å². The van der Waals surface area contributed by atoms with Gasteiger partial charge in [-0.1, -0.05) is 54.9 Å². The smallest absolute Gasteiger partial charge is 0.255 e. The molecular formula is C22H24ClN3O3. The molecule has 3 aromatic rings. The Hall–Kier alpha value is -2.86. The van der Waals surface area contributed by atoms with Crippen LogP contribution in [0.5, 0.6) is 5.75 Å². The van der Waals surface area contributed by atoms with E-state index in [1.165, 1.54) is 0 Å². The molecule has 152 valence electrons. The first kappa shape index (κ1) is 20.9. The van der Waals surface area contributed by atoms with Crippen molar-refractivity contribution in [2.75, 3.05) is 20.2 Å². The summed E-state index contributed by atoms with van der Waals surface area (Å²) in [4.78, 5) is 19.2.